The predicted molar refractivity (Wildman–Crippen MR) is 64.7 cm³/mol. The minimum Gasteiger partial charge on any atom is -0.378 e. The Bertz CT molecular complexity index is 175. The van der Waals surface area contributed by atoms with Gasteiger partial charge in [-0.15, -0.1) is 0 Å². The van der Waals surface area contributed by atoms with Gasteiger partial charge in [-0.2, -0.15) is 0 Å². The SMILES string of the molecule is C1CCC(CNCCCC2CCCO2)OC1. The lowest BCUT2D eigenvalue weighted by Crippen LogP contribution is -2.32. The van der Waals surface area contributed by atoms with Crippen LogP contribution in [0.3, 0.4) is 0 Å². The largest absolute Gasteiger partial charge is 0.378 e. The molecule has 2 aliphatic heterocycles. The standard InChI is InChI=1S/C13H25NO2/c1-2-9-16-13(5-1)11-14-8-3-6-12-7-4-10-15-12/h12-14H,1-11H2. The van der Waals surface area contributed by atoms with Crippen LogP contribution in [0, 0.1) is 0 Å². The Morgan fingerprint density at radius 1 is 0.938 bits per heavy atom. The van der Waals surface area contributed by atoms with Gasteiger partial charge in [0.05, 0.1) is 12.2 Å². The van der Waals surface area contributed by atoms with Crippen LogP contribution in [0.5, 0.6) is 0 Å². The molecule has 0 aromatic carbocycles. The van der Waals surface area contributed by atoms with E-state index < -0.39 is 0 Å². The van der Waals surface area contributed by atoms with Gasteiger partial charge in [0.2, 0.25) is 0 Å². The van der Waals surface area contributed by atoms with Crippen LogP contribution in [0.25, 0.3) is 0 Å². The van der Waals surface area contributed by atoms with Crippen LogP contribution in [0.4, 0.5) is 0 Å². The zero-order chi connectivity index (χ0) is 11.1. The fraction of sp³-hybridized carbons (Fsp3) is 1.00. The summed E-state index contributed by atoms with van der Waals surface area (Å²) >= 11 is 0. The first-order chi connectivity index (χ1) is 7.95. The second-order valence-electron chi connectivity index (χ2n) is 4.97. The lowest BCUT2D eigenvalue weighted by atomic mass is 10.1. The Hall–Kier alpha value is -0.120. The fourth-order valence-corrected chi connectivity index (χ4v) is 2.56. The predicted octanol–water partition coefficient (Wildman–Crippen LogP) is 2.10. The van der Waals surface area contributed by atoms with E-state index in [9.17, 15) is 0 Å². The van der Waals surface area contributed by atoms with Gasteiger partial charge in [0.15, 0.2) is 0 Å². The van der Waals surface area contributed by atoms with Crippen LogP contribution in [0.2, 0.25) is 0 Å². The number of rotatable bonds is 6. The maximum atomic E-state index is 5.67. The molecule has 3 heteroatoms. The average molecular weight is 227 g/mol. The minimum absolute atomic E-state index is 0.469. The summed E-state index contributed by atoms with van der Waals surface area (Å²) in [4.78, 5) is 0. The quantitative estimate of drug-likeness (QED) is 0.705. The van der Waals surface area contributed by atoms with Crippen LogP contribution < -0.4 is 5.32 Å². The van der Waals surface area contributed by atoms with Gasteiger partial charge in [0, 0.05) is 19.8 Å². The molecule has 0 saturated carbocycles. The molecule has 0 radical (unpaired) electrons. The molecule has 2 saturated heterocycles. The van der Waals surface area contributed by atoms with Crippen molar-refractivity contribution in [3.8, 4) is 0 Å². The second kappa shape index (κ2) is 7.25. The molecule has 0 aromatic heterocycles. The van der Waals surface area contributed by atoms with E-state index in [1.807, 2.05) is 0 Å². The van der Waals surface area contributed by atoms with Crippen LogP contribution in [0.1, 0.15) is 44.9 Å². The van der Waals surface area contributed by atoms with Crippen molar-refractivity contribution in [2.45, 2.75) is 57.2 Å². The van der Waals surface area contributed by atoms with E-state index in [0.717, 1.165) is 26.3 Å². The van der Waals surface area contributed by atoms with Gasteiger partial charge >= 0.3 is 0 Å². The molecule has 2 heterocycles. The molecule has 2 rings (SSSR count). The molecule has 0 aromatic rings. The van der Waals surface area contributed by atoms with Crippen molar-refractivity contribution in [3.05, 3.63) is 0 Å². The van der Waals surface area contributed by atoms with E-state index in [1.165, 1.54) is 44.9 Å². The van der Waals surface area contributed by atoms with Crippen LogP contribution in [0.15, 0.2) is 0 Å². The fourth-order valence-electron chi connectivity index (χ4n) is 2.56. The number of ether oxygens (including phenoxy) is 2. The summed E-state index contributed by atoms with van der Waals surface area (Å²) in [5, 5.41) is 3.50. The highest BCUT2D eigenvalue weighted by Gasteiger charge is 2.15. The third kappa shape index (κ3) is 4.40. The summed E-state index contributed by atoms with van der Waals surface area (Å²) in [5.41, 5.74) is 0. The summed E-state index contributed by atoms with van der Waals surface area (Å²) < 4.78 is 11.3. The molecule has 16 heavy (non-hydrogen) atoms. The molecule has 94 valence electrons. The van der Waals surface area contributed by atoms with Crippen molar-refractivity contribution in [1.82, 2.24) is 5.32 Å². The Kier molecular flexibility index (Phi) is 5.59. The molecular formula is C13H25NO2. The first-order valence-corrected chi connectivity index (χ1v) is 6.89. The van der Waals surface area contributed by atoms with E-state index in [0.29, 0.717) is 12.2 Å². The Labute approximate surface area is 98.9 Å². The van der Waals surface area contributed by atoms with Crippen LogP contribution >= 0.6 is 0 Å². The van der Waals surface area contributed by atoms with Gasteiger partial charge in [0.1, 0.15) is 0 Å². The van der Waals surface area contributed by atoms with Gasteiger partial charge in [0.25, 0.3) is 0 Å². The lowest BCUT2D eigenvalue weighted by Gasteiger charge is -2.22. The molecule has 2 aliphatic rings. The van der Waals surface area contributed by atoms with Crippen molar-refractivity contribution in [2.75, 3.05) is 26.3 Å². The molecule has 0 amide bonds. The molecule has 0 spiro atoms. The van der Waals surface area contributed by atoms with Crippen molar-refractivity contribution < 1.29 is 9.47 Å². The topological polar surface area (TPSA) is 30.5 Å². The van der Waals surface area contributed by atoms with Crippen molar-refractivity contribution in [2.24, 2.45) is 0 Å². The summed E-state index contributed by atoms with van der Waals surface area (Å²) in [6, 6.07) is 0. The van der Waals surface area contributed by atoms with Crippen molar-refractivity contribution >= 4 is 0 Å². The third-order valence-corrected chi connectivity index (χ3v) is 3.55. The van der Waals surface area contributed by atoms with E-state index in [1.54, 1.807) is 0 Å². The molecule has 2 fully saturated rings. The van der Waals surface area contributed by atoms with E-state index in [-0.39, 0.29) is 0 Å². The molecule has 0 aliphatic carbocycles. The number of hydrogen-bond acceptors (Lipinski definition) is 3. The van der Waals surface area contributed by atoms with Crippen molar-refractivity contribution in [1.29, 1.82) is 0 Å². The maximum absolute atomic E-state index is 5.67. The summed E-state index contributed by atoms with van der Waals surface area (Å²) in [6.07, 6.45) is 9.82. The van der Waals surface area contributed by atoms with Crippen molar-refractivity contribution in [3.63, 3.8) is 0 Å². The molecule has 1 N–H and O–H groups in total. The average Bonchev–Trinajstić information content (AvgIpc) is 2.83. The third-order valence-electron chi connectivity index (χ3n) is 3.55. The van der Waals surface area contributed by atoms with Crippen LogP contribution in [-0.2, 0) is 9.47 Å². The van der Waals surface area contributed by atoms with E-state index >= 15 is 0 Å². The second-order valence-corrected chi connectivity index (χ2v) is 4.97. The van der Waals surface area contributed by atoms with E-state index in [2.05, 4.69) is 5.32 Å². The smallest absolute Gasteiger partial charge is 0.0699 e. The van der Waals surface area contributed by atoms with E-state index in [4.69, 9.17) is 9.47 Å². The Morgan fingerprint density at radius 3 is 2.50 bits per heavy atom. The van der Waals surface area contributed by atoms with Gasteiger partial charge in [-0.1, -0.05) is 0 Å². The number of hydrogen-bond donors (Lipinski definition) is 1. The zero-order valence-corrected chi connectivity index (χ0v) is 10.2. The highest BCUT2D eigenvalue weighted by molar-refractivity contribution is 4.68. The summed E-state index contributed by atoms with van der Waals surface area (Å²) in [7, 11) is 0. The van der Waals surface area contributed by atoms with Gasteiger partial charge < -0.3 is 14.8 Å². The minimum atomic E-state index is 0.469. The van der Waals surface area contributed by atoms with Gasteiger partial charge in [-0.25, -0.2) is 0 Å². The van der Waals surface area contributed by atoms with Gasteiger partial charge in [-0.05, 0) is 51.5 Å². The number of nitrogens with one attached hydrogen (secondary N) is 1. The zero-order valence-electron chi connectivity index (χ0n) is 10.2. The highest BCUT2D eigenvalue weighted by Crippen LogP contribution is 2.16. The maximum Gasteiger partial charge on any atom is 0.0699 e. The Balaban J connectivity index is 1.42. The molecule has 0 bridgehead atoms. The molecule has 2 atom stereocenters. The first kappa shape index (κ1) is 12.3. The molecule has 2 unspecified atom stereocenters. The monoisotopic (exact) mass is 227 g/mol. The highest BCUT2D eigenvalue weighted by atomic mass is 16.5. The van der Waals surface area contributed by atoms with Crippen LogP contribution in [-0.4, -0.2) is 38.5 Å². The first-order valence-electron chi connectivity index (χ1n) is 6.89. The normalized spacial score (nSPS) is 30.8. The summed E-state index contributed by atoms with van der Waals surface area (Å²) in [5.74, 6) is 0. The Morgan fingerprint density at radius 2 is 1.75 bits per heavy atom. The van der Waals surface area contributed by atoms with Gasteiger partial charge in [-0.3, -0.25) is 0 Å². The molecule has 3 nitrogen and oxygen atoms in total. The molecular weight excluding hydrogens is 202 g/mol. The lowest BCUT2D eigenvalue weighted by molar-refractivity contribution is 0.0168. The summed E-state index contributed by atoms with van der Waals surface area (Å²) in [6.45, 7) is 4.08.